The van der Waals surface area contributed by atoms with E-state index in [9.17, 15) is 0 Å². The summed E-state index contributed by atoms with van der Waals surface area (Å²) in [5.41, 5.74) is 22.1. The SMILES string of the molecule is Nc1cc[n+](C2(c3cccc(C4([n+]5ccc(N)c6ccccc65)C5=CC=C4C=C5)n3)C3=CC=C2C=C3)c2ccccc12.O.[Br-].[Br-]. The Morgan fingerprint density at radius 3 is 1.24 bits per heavy atom. The Hall–Kier alpha value is -4.63. The number of allylic oxidation sites excluding steroid dienone is 12. The first-order valence-corrected chi connectivity index (χ1v) is 14.2. The molecular formula is C37H29Br2N5O. The van der Waals surface area contributed by atoms with Gasteiger partial charge in [0.2, 0.25) is 11.0 Å². The number of rotatable bonds is 4. The van der Waals surface area contributed by atoms with E-state index in [1.165, 1.54) is 22.3 Å². The molecule has 0 saturated heterocycles. The fourth-order valence-electron chi connectivity index (χ4n) is 7.56. The number of para-hydroxylation sites is 2. The molecule has 5 aromatic rings. The maximum absolute atomic E-state index is 6.47. The minimum absolute atomic E-state index is 0. The molecule has 6 nitrogen and oxygen atoms in total. The second-order valence-corrected chi connectivity index (χ2v) is 11.3. The molecule has 4 bridgehead atoms. The van der Waals surface area contributed by atoms with Crippen LogP contribution < -0.4 is 54.6 Å². The summed E-state index contributed by atoms with van der Waals surface area (Å²) in [5.74, 6) is 0. The molecule has 4 aliphatic carbocycles. The zero-order chi connectivity index (χ0) is 28.1. The van der Waals surface area contributed by atoms with E-state index in [1.807, 2.05) is 24.3 Å². The quantitative estimate of drug-likeness (QED) is 0.225. The van der Waals surface area contributed by atoms with Gasteiger partial charge in [0.25, 0.3) is 11.1 Å². The van der Waals surface area contributed by atoms with Crippen LogP contribution in [0.5, 0.6) is 0 Å². The van der Waals surface area contributed by atoms with Crippen molar-refractivity contribution in [2.24, 2.45) is 0 Å². The third kappa shape index (κ3) is 3.73. The maximum atomic E-state index is 6.47. The van der Waals surface area contributed by atoms with Crippen molar-refractivity contribution in [1.29, 1.82) is 0 Å². The summed E-state index contributed by atoms with van der Waals surface area (Å²) in [4.78, 5) is 5.63. The zero-order valence-corrected chi connectivity index (χ0v) is 27.2. The molecule has 8 heteroatoms. The van der Waals surface area contributed by atoms with E-state index in [-0.39, 0.29) is 39.4 Å². The lowest BCUT2D eigenvalue weighted by molar-refractivity contribution is -0.711. The number of nitrogen functional groups attached to an aromatic ring is 2. The molecule has 0 aliphatic heterocycles. The molecule has 3 aromatic heterocycles. The number of pyridine rings is 3. The molecule has 0 saturated carbocycles. The number of nitrogens with zero attached hydrogens (tertiary/aromatic N) is 3. The number of anilines is 2. The van der Waals surface area contributed by atoms with Crippen LogP contribution in [0.3, 0.4) is 0 Å². The first kappa shape index (κ1) is 30.4. The fraction of sp³-hybridized carbons (Fsp3) is 0.0541. The van der Waals surface area contributed by atoms with Crippen LogP contribution in [-0.2, 0) is 11.1 Å². The van der Waals surface area contributed by atoms with Gasteiger partial charge in [0.15, 0.2) is 12.4 Å². The van der Waals surface area contributed by atoms with Gasteiger partial charge in [-0.2, -0.15) is 9.13 Å². The Morgan fingerprint density at radius 1 is 0.489 bits per heavy atom. The molecule has 3 heterocycles. The van der Waals surface area contributed by atoms with Gasteiger partial charge >= 0.3 is 0 Å². The monoisotopic (exact) mass is 717 g/mol. The summed E-state index contributed by atoms with van der Waals surface area (Å²) in [6.45, 7) is 0. The van der Waals surface area contributed by atoms with E-state index < -0.39 is 11.1 Å². The van der Waals surface area contributed by atoms with Gasteiger partial charge in [0.1, 0.15) is 11.4 Å². The van der Waals surface area contributed by atoms with Gasteiger partial charge in [-0.05, 0) is 24.3 Å². The van der Waals surface area contributed by atoms with Gasteiger partial charge in [-0.25, -0.2) is 4.98 Å². The van der Waals surface area contributed by atoms with Gasteiger partial charge < -0.3 is 50.9 Å². The highest BCUT2D eigenvalue weighted by Crippen LogP contribution is 2.49. The Labute approximate surface area is 281 Å². The van der Waals surface area contributed by atoms with Crippen molar-refractivity contribution >= 4 is 33.2 Å². The Bertz CT molecular complexity index is 2050. The van der Waals surface area contributed by atoms with Crippen LogP contribution >= 0.6 is 0 Å². The number of fused-ring (bicyclic) bond motifs is 6. The zero-order valence-electron chi connectivity index (χ0n) is 24.0. The van der Waals surface area contributed by atoms with E-state index in [0.29, 0.717) is 0 Å². The largest absolute Gasteiger partial charge is 1.00 e. The molecule has 0 atom stereocenters. The predicted octanol–water partition coefficient (Wildman–Crippen LogP) is -1.33. The molecule has 2 aromatic carbocycles. The number of nitrogens with two attached hydrogens (primary N) is 2. The normalized spacial score (nSPS) is 17.2. The summed E-state index contributed by atoms with van der Waals surface area (Å²) in [5, 5.41) is 2.05. The molecule has 4 aliphatic rings. The van der Waals surface area contributed by atoms with Gasteiger partial charge in [0.05, 0.1) is 22.1 Å². The highest BCUT2D eigenvalue weighted by atomic mass is 79.9. The number of aromatic nitrogens is 3. The van der Waals surface area contributed by atoms with E-state index in [4.69, 9.17) is 16.5 Å². The second-order valence-electron chi connectivity index (χ2n) is 11.3. The number of halogens is 2. The van der Waals surface area contributed by atoms with E-state index in [0.717, 1.165) is 44.6 Å². The van der Waals surface area contributed by atoms with Crippen LogP contribution in [-0.4, -0.2) is 10.5 Å². The molecule has 222 valence electrons. The molecule has 0 radical (unpaired) electrons. The van der Waals surface area contributed by atoms with Crippen molar-refractivity contribution < 1.29 is 48.6 Å². The molecular weight excluding hydrogens is 690 g/mol. The summed E-state index contributed by atoms with van der Waals surface area (Å²) in [6.07, 6.45) is 21.9. The average molecular weight is 719 g/mol. The molecule has 0 spiro atoms. The maximum Gasteiger partial charge on any atom is 0.261 e. The second kappa shape index (κ2) is 10.8. The minimum Gasteiger partial charge on any atom is -1.00 e. The minimum atomic E-state index is -0.605. The van der Waals surface area contributed by atoms with Crippen molar-refractivity contribution in [3.63, 3.8) is 0 Å². The Kier molecular flexibility index (Phi) is 7.27. The molecule has 0 unspecified atom stereocenters. The molecule has 0 fully saturated rings. The van der Waals surface area contributed by atoms with Crippen molar-refractivity contribution in [3.8, 4) is 0 Å². The lowest BCUT2D eigenvalue weighted by Crippen LogP contribution is -3.00. The highest BCUT2D eigenvalue weighted by molar-refractivity contribution is 5.88. The molecule has 45 heavy (non-hydrogen) atoms. The fourth-order valence-corrected chi connectivity index (χ4v) is 7.56. The van der Waals surface area contributed by atoms with Crippen LogP contribution in [0.15, 0.2) is 162 Å². The molecule has 0 amide bonds. The first-order chi connectivity index (χ1) is 20.6. The van der Waals surface area contributed by atoms with Gasteiger partial charge in [-0.3, -0.25) is 0 Å². The number of hydrogen-bond acceptors (Lipinski definition) is 3. The predicted molar refractivity (Wildman–Crippen MR) is 170 cm³/mol. The van der Waals surface area contributed by atoms with E-state index in [1.54, 1.807) is 0 Å². The van der Waals surface area contributed by atoms with Crippen LogP contribution in [0, 0.1) is 0 Å². The van der Waals surface area contributed by atoms with Gasteiger partial charge in [0, 0.05) is 46.6 Å². The number of benzene rings is 2. The standard InChI is InChI=1S/C37H25N5.2BrH.H2O/c38-30-20-22-41(32-8-3-1-6-28(30)32)36(24-12-13-25(36)15-14-24)34-10-5-11-35(40-34)37(26-16-17-27(37)19-18-26)42-23-21-31(39)29-7-2-4-9-33(29)42;;;/h1-23,38-39H;2*1H;1H2. The van der Waals surface area contributed by atoms with Crippen LogP contribution in [0.1, 0.15) is 11.4 Å². The van der Waals surface area contributed by atoms with E-state index >= 15 is 0 Å². The third-order valence-electron chi connectivity index (χ3n) is 9.41. The summed E-state index contributed by atoms with van der Waals surface area (Å²) in [7, 11) is 0. The summed E-state index contributed by atoms with van der Waals surface area (Å²) >= 11 is 0. The lowest BCUT2D eigenvalue weighted by atomic mass is 9.83. The lowest BCUT2D eigenvalue weighted by Gasteiger charge is -2.29. The molecule has 9 rings (SSSR count). The summed E-state index contributed by atoms with van der Waals surface area (Å²) < 4.78 is 4.68. The van der Waals surface area contributed by atoms with Crippen molar-refractivity contribution in [1.82, 2.24) is 4.98 Å². The van der Waals surface area contributed by atoms with Crippen LogP contribution in [0.2, 0.25) is 0 Å². The van der Waals surface area contributed by atoms with Crippen LogP contribution in [0.25, 0.3) is 21.8 Å². The number of hydrogen-bond donors (Lipinski definition) is 2. The van der Waals surface area contributed by atoms with Gasteiger partial charge in [-0.1, -0.05) is 78.9 Å². The van der Waals surface area contributed by atoms with Gasteiger partial charge in [-0.15, -0.1) is 0 Å². The smallest absolute Gasteiger partial charge is 0.261 e. The van der Waals surface area contributed by atoms with Crippen molar-refractivity contribution in [3.05, 3.63) is 174 Å². The van der Waals surface area contributed by atoms with Crippen molar-refractivity contribution in [2.75, 3.05) is 11.5 Å². The Balaban J connectivity index is 0.00000119. The topological polar surface area (TPSA) is 104 Å². The first-order valence-electron chi connectivity index (χ1n) is 14.2. The summed E-state index contributed by atoms with van der Waals surface area (Å²) in [6, 6.07) is 27.2. The van der Waals surface area contributed by atoms with Crippen LogP contribution in [0.4, 0.5) is 11.4 Å². The molecule has 6 N–H and O–H groups in total. The average Bonchev–Trinajstić information content (AvgIpc) is 3.80. The van der Waals surface area contributed by atoms with Crippen molar-refractivity contribution in [2.45, 2.75) is 11.1 Å². The van der Waals surface area contributed by atoms with E-state index in [2.05, 4.69) is 125 Å². The Morgan fingerprint density at radius 2 is 0.867 bits per heavy atom. The highest BCUT2D eigenvalue weighted by Gasteiger charge is 2.58. The third-order valence-corrected chi connectivity index (χ3v) is 9.41.